The lowest BCUT2D eigenvalue weighted by Gasteiger charge is -2.23. The fourth-order valence-electron chi connectivity index (χ4n) is 2.79. The summed E-state index contributed by atoms with van der Waals surface area (Å²) in [5, 5.41) is 0. The van der Waals surface area contributed by atoms with Crippen LogP contribution in [0.25, 0.3) is 0 Å². The number of fused-ring (bicyclic) bond motifs is 1. The van der Waals surface area contributed by atoms with Gasteiger partial charge in [0.25, 0.3) is 0 Å². The Bertz CT molecular complexity index is 774. The first-order valence-electron chi connectivity index (χ1n) is 7.24. The second-order valence-electron chi connectivity index (χ2n) is 5.61. The number of benzene rings is 1. The van der Waals surface area contributed by atoms with Crippen molar-refractivity contribution in [3.05, 3.63) is 48.3 Å². The second kappa shape index (κ2) is 6.38. The van der Waals surface area contributed by atoms with Gasteiger partial charge >= 0.3 is 0 Å². The molecule has 0 spiro atoms. The number of methoxy groups -OCH3 is 1. The van der Waals surface area contributed by atoms with Crippen LogP contribution in [0, 0.1) is 11.7 Å². The van der Waals surface area contributed by atoms with Gasteiger partial charge < -0.3 is 9.30 Å². The Morgan fingerprint density at radius 2 is 2.04 bits per heavy atom. The molecule has 0 radical (unpaired) electrons. The molecule has 0 aliphatic carbocycles. The van der Waals surface area contributed by atoms with Crippen LogP contribution < -0.4 is 0 Å². The highest BCUT2D eigenvalue weighted by atomic mass is 32.2. The molecule has 0 fully saturated rings. The van der Waals surface area contributed by atoms with E-state index in [1.54, 1.807) is 19.6 Å². The van der Waals surface area contributed by atoms with Gasteiger partial charge in [0.05, 0.1) is 30.1 Å². The average molecular weight is 339 g/mol. The van der Waals surface area contributed by atoms with Crippen LogP contribution in [0.1, 0.15) is 5.69 Å². The minimum atomic E-state index is -3.70. The van der Waals surface area contributed by atoms with Crippen molar-refractivity contribution in [3.8, 4) is 0 Å². The molecule has 124 valence electrons. The third-order valence-electron chi connectivity index (χ3n) is 3.91. The number of rotatable bonds is 4. The predicted molar refractivity (Wildman–Crippen MR) is 81.6 cm³/mol. The van der Waals surface area contributed by atoms with Crippen molar-refractivity contribution in [3.63, 3.8) is 0 Å². The first kappa shape index (κ1) is 16.1. The van der Waals surface area contributed by atoms with Gasteiger partial charge in [0.15, 0.2) is 0 Å². The molecule has 2 aromatic rings. The van der Waals surface area contributed by atoms with Gasteiger partial charge in [0.1, 0.15) is 5.82 Å². The van der Waals surface area contributed by atoms with Crippen LogP contribution >= 0.6 is 0 Å². The van der Waals surface area contributed by atoms with Crippen LogP contribution in [0.5, 0.6) is 0 Å². The Morgan fingerprint density at radius 3 is 2.74 bits per heavy atom. The molecule has 1 aromatic carbocycles. The number of imidazole rings is 1. The number of hydrogen-bond donors (Lipinski definition) is 0. The number of aromatic nitrogens is 2. The van der Waals surface area contributed by atoms with Crippen molar-refractivity contribution in [2.75, 3.05) is 20.3 Å². The average Bonchev–Trinajstić information content (AvgIpc) is 2.86. The highest BCUT2D eigenvalue weighted by Crippen LogP contribution is 2.24. The molecule has 0 amide bonds. The van der Waals surface area contributed by atoms with Crippen molar-refractivity contribution in [1.82, 2.24) is 13.9 Å². The first-order chi connectivity index (χ1) is 11.0. The van der Waals surface area contributed by atoms with Crippen molar-refractivity contribution < 1.29 is 17.5 Å². The SMILES string of the molecule is COC[C@@H]1CN(S(=O)(=O)c2ccc(F)cc2)Cc2cncn2C1. The van der Waals surface area contributed by atoms with Crippen LogP contribution in [0.15, 0.2) is 41.7 Å². The Balaban J connectivity index is 1.95. The van der Waals surface area contributed by atoms with Crippen LogP contribution in [0.2, 0.25) is 0 Å². The summed E-state index contributed by atoms with van der Waals surface area (Å²) in [6, 6.07) is 4.89. The topological polar surface area (TPSA) is 64.4 Å². The molecule has 0 saturated carbocycles. The molecule has 0 N–H and O–H groups in total. The minimum Gasteiger partial charge on any atom is -0.384 e. The number of halogens is 1. The molecular weight excluding hydrogens is 321 g/mol. The molecule has 23 heavy (non-hydrogen) atoms. The summed E-state index contributed by atoms with van der Waals surface area (Å²) >= 11 is 0. The molecule has 8 heteroatoms. The molecule has 2 heterocycles. The highest BCUT2D eigenvalue weighted by Gasteiger charge is 2.31. The Labute approximate surface area is 134 Å². The van der Waals surface area contributed by atoms with E-state index in [0.717, 1.165) is 17.8 Å². The van der Waals surface area contributed by atoms with E-state index in [1.807, 2.05) is 4.57 Å². The molecule has 1 atom stereocenters. The van der Waals surface area contributed by atoms with Gasteiger partial charge in [-0.3, -0.25) is 0 Å². The third kappa shape index (κ3) is 3.29. The van der Waals surface area contributed by atoms with E-state index in [0.29, 0.717) is 19.7 Å². The van der Waals surface area contributed by atoms with E-state index in [2.05, 4.69) is 4.98 Å². The summed E-state index contributed by atoms with van der Waals surface area (Å²) in [5.41, 5.74) is 0.828. The highest BCUT2D eigenvalue weighted by molar-refractivity contribution is 7.89. The third-order valence-corrected chi connectivity index (χ3v) is 5.73. The summed E-state index contributed by atoms with van der Waals surface area (Å²) in [5.74, 6) is -0.444. The summed E-state index contributed by atoms with van der Waals surface area (Å²) in [4.78, 5) is 4.18. The maximum atomic E-state index is 13.1. The van der Waals surface area contributed by atoms with Crippen LogP contribution in [0.3, 0.4) is 0 Å². The van der Waals surface area contributed by atoms with Crippen molar-refractivity contribution >= 4 is 10.0 Å². The van der Waals surface area contributed by atoms with E-state index in [4.69, 9.17) is 4.74 Å². The summed E-state index contributed by atoms with van der Waals surface area (Å²) in [7, 11) is -2.11. The predicted octanol–water partition coefficient (Wildman–Crippen LogP) is 1.49. The molecule has 1 aliphatic rings. The number of sulfonamides is 1. The summed E-state index contributed by atoms with van der Waals surface area (Å²) in [6.45, 7) is 1.68. The van der Waals surface area contributed by atoms with Crippen LogP contribution in [0.4, 0.5) is 4.39 Å². The fourth-order valence-corrected chi connectivity index (χ4v) is 4.28. The van der Waals surface area contributed by atoms with Crippen molar-refractivity contribution in [1.29, 1.82) is 0 Å². The van der Waals surface area contributed by atoms with Crippen LogP contribution in [-0.4, -0.2) is 42.5 Å². The number of nitrogens with zero attached hydrogens (tertiary/aromatic N) is 3. The van der Waals surface area contributed by atoms with Gasteiger partial charge in [-0.1, -0.05) is 0 Å². The maximum absolute atomic E-state index is 13.1. The van der Waals surface area contributed by atoms with Crippen molar-refractivity contribution in [2.45, 2.75) is 18.0 Å². The molecule has 1 aromatic heterocycles. The maximum Gasteiger partial charge on any atom is 0.243 e. The van der Waals surface area contributed by atoms with Gasteiger partial charge in [-0.05, 0) is 24.3 Å². The van der Waals surface area contributed by atoms with E-state index < -0.39 is 15.8 Å². The first-order valence-corrected chi connectivity index (χ1v) is 8.68. The van der Waals surface area contributed by atoms with Gasteiger partial charge in [-0.2, -0.15) is 4.31 Å². The lowest BCUT2D eigenvalue weighted by molar-refractivity contribution is 0.134. The second-order valence-corrected chi connectivity index (χ2v) is 7.55. The molecule has 1 aliphatic heterocycles. The molecule has 0 bridgehead atoms. The number of ether oxygens (including phenoxy) is 1. The van der Waals surface area contributed by atoms with Crippen molar-refractivity contribution in [2.24, 2.45) is 5.92 Å². The molecule has 3 rings (SSSR count). The Kier molecular flexibility index (Phi) is 4.47. The van der Waals surface area contributed by atoms with E-state index in [1.165, 1.54) is 16.4 Å². The normalized spacial score (nSPS) is 19.3. The Morgan fingerprint density at radius 1 is 1.30 bits per heavy atom. The van der Waals surface area contributed by atoms with E-state index in [9.17, 15) is 12.8 Å². The molecule has 0 saturated heterocycles. The zero-order valence-corrected chi connectivity index (χ0v) is 13.5. The zero-order valence-electron chi connectivity index (χ0n) is 12.7. The van der Waals surface area contributed by atoms with Gasteiger partial charge in [-0.25, -0.2) is 17.8 Å². The van der Waals surface area contributed by atoms with Crippen LogP contribution in [-0.2, 0) is 27.8 Å². The molecule has 0 unspecified atom stereocenters. The van der Waals surface area contributed by atoms with Gasteiger partial charge in [0, 0.05) is 32.3 Å². The van der Waals surface area contributed by atoms with Gasteiger partial charge in [0.2, 0.25) is 10.0 Å². The summed E-state index contributed by atoms with van der Waals surface area (Å²) < 4.78 is 47.4. The minimum absolute atomic E-state index is 0.0191. The zero-order chi connectivity index (χ0) is 16.4. The van der Waals surface area contributed by atoms with Gasteiger partial charge in [-0.15, -0.1) is 0 Å². The standard InChI is InChI=1S/C15H18FN3O3S/c1-22-10-12-7-18-11-17-6-14(18)9-19(8-12)23(20,21)15-4-2-13(16)3-5-15/h2-6,11-12H,7-10H2,1H3/t12-/m0/s1. The molecular formula is C15H18FN3O3S. The Hall–Kier alpha value is -1.77. The molecule has 6 nitrogen and oxygen atoms in total. The fraction of sp³-hybridized carbons (Fsp3) is 0.400. The number of hydrogen-bond acceptors (Lipinski definition) is 4. The quantitative estimate of drug-likeness (QED) is 0.847. The lowest BCUT2D eigenvalue weighted by atomic mass is 10.1. The largest absolute Gasteiger partial charge is 0.384 e. The lowest BCUT2D eigenvalue weighted by Crippen LogP contribution is -2.35. The summed E-state index contributed by atoms with van der Waals surface area (Å²) in [6.07, 6.45) is 3.37. The monoisotopic (exact) mass is 339 g/mol. The van der Waals surface area contributed by atoms with E-state index in [-0.39, 0.29) is 17.4 Å². The van der Waals surface area contributed by atoms with E-state index >= 15 is 0 Å². The smallest absolute Gasteiger partial charge is 0.243 e.